The zero-order valence-electron chi connectivity index (χ0n) is 10.3. The molecule has 0 bridgehead atoms. The van der Waals surface area contributed by atoms with E-state index in [-0.39, 0.29) is 0 Å². The molecule has 5 heteroatoms. The number of benzene rings is 1. The predicted octanol–water partition coefficient (Wildman–Crippen LogP) is 3.62. The lowest BCUT2D eigenvalue weighted by atomic mass is 10.2. The maximum atomic E-state index is 5.90. The van der Waals surface area contributed by atoms with Crippen LogP contribution >= 0.6 is 23.4 Å². The van der Waals surface area contributed by atoms with E-state index >= 15 is 0 Å². The van der Waals surface area contributed by atoms with Crippen LogP contribution in [0.3, 0.4) is 0 Å². The Bertz CT molecular complexity index is 552. The van der Waals surface area contributed by atoms with E-state index in [1.807, 2.05) is 26.0 Å². The smallest absolute Gasteiger partial charge is 0.140 e. The van der Waals surface area contributed by atoms with Crippen molar-refractivity contribution in [3.05, 3.63) is 46.5 Å². The van der Waals surface area contributed by atoms with Crippen LogP contribution in [-0.2, 0) is 5.75 Å². The van der Waals surface area contributed by atoms with Gasteiger partial charge in [0.1, 0.15) is 11.0 Å². The van der Waals surface area contributed by atoms with E-state index in [0.717, 1.165) is 27.7 Å². The average molecular weight is 280 g/mol. The molecule has 0 fully saturated rings. The van der Waals surface area contributed by atoms with E-state index in [9.17, 15) is 0 Å². The van der Waals surface area contributed by atoms with Crippen LogP contribution in [0.15, 0.2) is 29.2 Å². The highest BCUT2D eigenvalue weighted by Gasteiger charge is 2.03. The van der Waals surface area contributed by atoms with Crippen LogP contribution in [0.5, 0.6) is 0 Å². The zero-order chi connectivity index (χ0) is 13.1. The Morgan fingerprint density at radius 1 is 1.22 bits per heavy atom. The molecule has 1 heterocycles. The molecule has 0 amide bonds. The highest BCUT2D eigenvalue weighted by Crippen LogP contribution is 2.25. The molecule has 94 valence electrons. The molecule has 1 aromatic heterocycles. The number of hydrogen-bond donors (Lipinski definition) is 1. The number of hydrogen-bond acceptors (Lipinski definition) is 4. The first-order valence-electron chi connectivity index (χ1n) is 5.53. The fourth-order valence-corrected chi connectivity index (χ4v) is 2.64. The molecule has 18 heavy (non-hydrogen) atoms. The Morgan fingerprint density at radius 3 is 2.67 bits per heavy atom. The molecule has 3 nitrogen and oxygen atoms in total. The molecule has 0 unspecified atom stereocenters. The van der Waals surface area contributed by atoms with Crippen LogP contribution in [0.4, 0.5) is 5.69 Å². The summed E-state index contributed by atoms with van der Waals surface area (Å²) < 4.78 is 0. The summed E-state index contributed by atoms with van der Waals surface area (Å²) in [4.78, 5) is 9.70. The number of aromatic nitrogens is 2. The van der Waals surface area contributed by atoms with E-state index < -0.39 is 0 Å². The number of nitrogens with two attached hydrogens (primary N) is 1. The quantitative estimate of drug-likeness (QED) is 0.530. The molecular formula is C13H14ClN3S. The minimum atomic E-state index is 0.492. The molecule has 2 N–H and O–H groups in total. The van der Waals surface area contributed by atoms with Crippen molar-refractivity contribution < 1.29 is 0 Å². The van der Waals surface area contributed by atoms with Crippen LogP contribution in [0, 0.1) is 13.8 Å². The second-order valence-corrected chi connectivity index (χ2v) is 5.49. The molecule has 0 atom stereocenters. The first-order valence-corrected chi connectivity index (χ1v) is 6.90. The minimum absolute atomic E-state index is 0.492. The van der Waals surface area contributed by atoms with Crippen LogP contribution in [0.2, 0.25) is 5.15 Å². The van der Waals surface area contributed by atoms with Gasteiger partial charge in [-0.2, -0.15) is 0 Å². The average Bonchev–Trinajstić information content (AvgIpc) is 2.29. The van der Waals surface area contributed by atoms with E-state index in [1.54, 1.807) is 17.8 Å². The third-order valence-electron chi connectivity index (χ3n) is 2.48. The molecule has 2 rings (SSSR count). The van der Waals surface area contributed by atoms with Gasteiger partial charge in [0.05, 0.1) is 5.75 Å². The molecule has 1 aromatic carbocycles. The van der Waals surface area contributed by atoms with Gasteiger partial charge in [-0.1, -0.05) is 11.6 Å². The van der Waals surface area contributed by atoms with E-state index in [2.05, 4.69) is 16.0 Å². The van der Waals surface area contributed by atoms with Gasteiger partial charge >= 0.3 is 0 Å². The highest BCUT2D eigenvalue weighted by molar-refractivity contribution is 7.98. The summed E-state index contributed by atoms with van der Waals surface area (Å²) in [7, 11) is 0. The molecule has 0 saturated heterocycles. The fraction of sp³-hybridized carbons (Fsp3) is 0.231. The van der Waals surface area contributed by atoms with Crippen molar-refractivity contribution in [2.45, 2.75) is 24.5 Å². The number of aryl methyl sites for hydroxylation is 2. The van der Waals surface area contributed by atoms with Crippen molar-refractivity contribution in [2.24, 2.45) is 0 Å². The van der Waals surface area contributed by atoms with Crippen molar-refractivity contribution in [1.29, 1.82) is 0 Å². The van der Waals surface area contributed by atoms with E-state index in [1.165, 1.54) is 0 Å². The van der Waals surface area contributed by atoms with Crippen LogP contribution in [0.1, 0.15) is 17.1 Å². The zero-order valence-corrected chi connectivity index (χ0v) is 11.8. The van der Waals surface area contributed by atoms with Crippen LogP contribution < -0.4 is 5.73 Å². The second-order valence-electron chi connectivity index (χ2n) is 4.06. The van der Waals surface area contributed by atoms with Crippen molar-refractivity contribution >= 4 is 29.1 Å². The molecule has 0 aliphatic heterocycles. The van der Waals surface area contributed by atoms with E-state index in [4.69, 9.17) is 17.3 Å². The Balaban J connectivity index is 2.08. The maximum absolute atomic E-state index is 5.90. The first-order chi connectivity index (χ1) is 8.54. The van der Waals surface area contributed by atoms with Gasteiger partial charge in [-0.05, 0) is 43.7 Å². The van der Waals surface area contributed by atoms with Crippen molar-refractivity contribution in [1.82, 2.24) is 9.97 Å². The van der Waals surface area contributed by atoms with Gasteiger partial charge in [-0.25, -0.2) is 9.97 Å². The van der Waals surface area contributed by atoms with Gasteiger partial charge in [0.2, 0.25) is 0 Å². The number of rotatable bonds is 3. The Labute approximate surface area is 116 Å². The predicted molar refractivity (Wildman–Crippen MR) is 76.9 cm³/mol. The summed E-state index contributed by atoms with van der Waals surface area (Å²) in [5, 5.41) is 0.492. The third kappa shape index (κ3) is 3.37. The standard InChI is InChI=1S/C13H14ClN3S/c1-8-5-10(3-4-11(8)15)18-7-13-16-9(2)6-12(14)17-13/h3-6H,7,15H2,1-2H3. The summed E-state index contributed by atoms with van der Waals surface area (Å²) >= 11 is 7.58. The number of anilines is 1. The number of nitrogens with zero attached hydrogens (tertiary/aromatic N) is 2. The SMILES string of the molecule is Cc1cc(Cl)nc(CSc2ccc(N)c(C)c2)n1. The summed E-state index contributed by atoms with van der Waals surface area (Å²) in [6.07, 6.45) is 0. The normalized spacial score (nSPS) is 10.6. The number of nitrogen functional groups attached to an aromatic ring is 1. The molecule has 0 spiro atoms. The van der Waals surface area contributed by atoms with Gasteiger partial charge < -0.3 is 5.73 Å². The third-order valence-corrected chi connectivity index (χ3v) is 3.66. The molecule has 0 aliphatic carbocycles. The van der Waals surface area contributed by atoms with Gasteiger partial charge in [-0.3, -0.25) is 0 Å². The molecule has 0 radical (unpaired) electrons. The molecular weight excluding hydrogens is 266 g/mol. The van der Waals surface area contributed by atoms with Gasteiger partial charge in [0, 0.05) is 16.3 Å². The summed E-state index contributed by atoms with van der Waals surface area (Å²) in [6.45, 7) is 3.91. The Kier molecular flexibility index (Phi) is 4.09. The molecule has 0 saturated carbocycles. The molecule has 2 aromatic rings. The maximum Gasteiger partial charge on any atom is 0.140 e. The lowest BCUT2D eigenvalue weighted by Crippen LogP contribution is -1.95. The van der Waals surface area contributed by atoms with Gasteiger partial charge in [0.25, 0.3) is 0 Å². The summed E-state index contributed by atoms with van der Waals surface area (Å²) in [5.41, 5.74) is 8.57. The van der Waals surface area contributed by atoms with E-state index in [0.29, 0.717) is 10.9 Å². The monoisotopic (exact) mass is 279 g/mol. The second kappa shape index (κ2) is 5.59. The van der Waals surface area contributed by atoms with Crippen molar-refractivity contribution in [3.63, 3.8) is 0 Å². The Morgan fingerprint density at radius 2 is 2.00 bits per heavy atom. The first kappa shape index (κ1) is 13.2. The summed E-state index contributed by atoms with van der Waals surface area (Å²) in [6, 6.07) is 7.74. The van der Waals surface area contributed by atoms with Crippen LogP contribution in [0.25, 0.3) is 0 Å². The lowest BCUT2D eigenvalue weighted by Gasteiger charge is -2.05. The number of halogens is 1. The largest absolute Gasteiger partial charge is 0.399 e. The molecule has 0 aliphatic rings. The van der Waals surface area contributed by atoms with Gasteiger partial charge in [-0.15, -0.1) is 11.8 Å². The minimum Gasteiger partial charge on any atom is -0.399 e. The number of thioether (sulfide) groups is 1. The summed E-state index contributed by atoms with van der Waals surface area (Å²) in [5.74, 6) is 1.45. The van der Waals surface area contributed by atoms with Crippen molar-refractivity contribution in [3.8, 4) is 0 Å². The highest BCUT2D eigenvalue weighted by atomic mass is 35.5. The fourth-order valence-electron chi connectivity index (χ4n) is 1.54. The lowest BCUT2D eigenvalue weighted by molar-refractivity contribution is 0.996. The Hall–Kier alpha value is -1.26. The topological polar surface area (TPSA) is 51.8 Å². The van der Waals surface area contributed by atoms with Gasteiger partial charge in [0.15, 0.2) is 0 Å². The van der Waals surface area contributed by atoms with Crippen molar-refractivity contribution in [2.75, 3.05) is 5.73 Å². The van der Waals surface area contributed by atoms with Crippen LogP contribution in [-0.4, -0.2) is 9.97 Å².